The maximum absolute atomic E-state index is 5.63. The molecule has 21 heavy (non-hydrogen) atoms. The molecule has 1 aliphatic rings. The Bertz CT molecular complexity index is 562. The molecule has 1 unspecified atom stereocenters. The van der Waals surface area contributed by atoms with E-state index in [0.29, 0.717) is 0 Å². The number of hydrogen-bond donors (Lipinski definition) is 1. The van der Waals surface area contributed by atoms with Gasteiger partial charge in [-0.3, -0.25) is 0 Å². The number of tetrazole rings is 1. The van der Waals surface area contributed by atoms with Crippen molar-refractivity contribution in [1.82, 2.24) is 25.5 Å². The van der Waals surface area contributed by atoms with Crippen molar-refractivity contribution in [2.75, 3.05) is 26.3 Å². The molecule has 0 bridgehead atoms. The van der Waals surface area contributed by atoms with Crippen LogP contribution in [0.1, 0.15) is 19.2 Å². The zero-order chi connectivity index (χ0) is 14.5. The summed E-state index contributed by atoms with van der Waals surface area (Å²) in [5.74, 6) is 0.893. The molecule has 3 rings (SSSR count). The Hall–Kier alpha value is -1.79. The van der Waals surface area contributed by atoms with Gasteiger partial charge in [0.15, 0.2) is 5.82 Å². The number of para-hydroxylation sites is 1. The number of hydrogen-bond acceptors (Lipinski definition) is 5. The number of nitrogens with one attached hydrogen (secondary N) is 1. The van der Waals surface area contributed by atoms with Gasteiger partial charge in [0, 0.05) is 25.0 Å². The van der Waals surface area contributed by atoms with Gasteiger partial charge in [-0.15, -0.1) is 5.10 Å². The fourth-order valence-corrected chi connectivity index (χ4v) is 2.80. The van der Waals surface area contributed by atoms with Crippen molar-refractivity contribution >= 4 is 0 Å². The molecule has 1 aromatic heterocycles. The molecule has 0 spiro atoms. The molecule has 0 amide bonds. The van der Waals surface area contributed by atoms with Crippen LogP contribution in [0.2, 0.25) is 0 Å². The van der Waals surface area contributed by atoms with Crippen LogP contribution in [0.15, 0.2) is 30.3 Å². The van der Waals surface area contributed by atoms with Gasteiger partial charge in [0.1, 0.15) is 0 Å². The summed E-state index contributed by atoms with van der Waals surface area (Å²) >= 11 is 0. The average Bonchev–Trinajstić information content (AvgIpc) is 3.17. The first-order chi connectivity index (χ1) is 10.3. The topological polar surface area (TPSA) is 64.9 Å². The molecule has 6 heteroatoms. The summed E-state index contributed by atoms with van der Waals surface area (Å²) < 4.78 is 7.46. The fraction of sp³-hybridized carbons (Fsp3) is 0.533. The molecule has 6 nitrogen and oxygen atoms in total. The molecule has 0 aliphatic carbocycles. The van der Waals surface area contributed by atoms with E-state index in [1.54, 1.807) is 0 Å². The van der Waals surface area contributed by atoms with Gasteiger partial charge in [-0.2, -0.15) is 4.68 Å². The van der Waals surface area contributed by atoms with E-state index in [9.17, 15) is 0 Å². The van der Waals surface area contributed by atoms with Crippen molar-refractivity contribution in [3.8, 4) is 5.69 Å². The number of nitrogens with zero attached hydrogens (tertiary/aromatic N) is 4. The summed E-state index contributed by atoms with van der Waals surface area (Å²) in [5, 5.41) is 15.7. The quantitative estimate of drug-likeness (QED) is 0.865. The average molecular weight is 287 g/mol. The van der Waals surface area contributed by atoms with Crippen molar-refractivity contribution in [2.45, 2.75) is 19.8 Å². The molecule has 1 fully saturated rings. The normalized spacial score (nSPS) is 21.8. The smallest absolute Gasteiger partial charge is 0.157 e. The summed E-state index contributed by atoms with van der Waals surface area (Å²) in [6.45, 7) is 5.61. The van der Waals surface area contributed by atoms with Gasteiger partial charge in [-0.25, -0.2) is 0 Å². The molecule has 0 saturated carbocycles. The largest absolute Gasteiger partial charge is 0.381 e. The lowest BCUT2D eigenvalue weighted by atomic mass is 9.83. The minimum atomic E-state index is 0.0945. The fourth-order valence-electron chi connectivity index (χ4n) is 2.80. The summed E-state index contributed by atoms with van der Waals surface area (Å²) in [7, 11) is 0. The number of ether oxygens (including phenoxy) is 1. The second-order valence-corrected chi connectivity index (χ2v) is 5.60. The molecule has 1 aromatic carbocycles. The van der Waals surface area contributed by atoms with Gasteiger partial charge < -0.3 is 10.1 Å². The van der Waals surface area contributed by atoms with E-state index < -0.39 is 0 Å². The van der Waals surface area contributed by atoms with E-state index in [1.807, 2.05) is 35.0 Å². The van der Waals surface area contributed by atoms with Crippen LogP contribution >= 0.6 is 0 Å². The highest BCUT2D eigenvalue weighted by Crippen LogP contribution is 2.31. The van der Waals surface area contributed by atoms with E-state index in [-0.39, 0.29) is 5.41 Å². The maximum atomic E-state index is 5.63. The van der Waals surface area contributed by atoms with Crippen molar-refractivity contribution in [1.29, 1.82) is 0 Å². The van der Waals surface area contributed by atoms with Crippen molar-refractivity contribution in [2.24, 2.45) is 5.41 Å². The molecular weight excluding hydrogens is 266 g/mol. The van der Waals surface area contributed by atoms with Crippen LogP contribution in [-0.4, -0.2) is 46.5 Å². The van der Waals surface area contributed by atoms with Gasteiger partial charge >= 0.3 is 0 Å². The lowest BCUT2D eigenvalue weighted by Gasteiger charge is -2.26. The Morgan fingerprint density at radius 3 is 2.90 bits per heavy atom. The summed E-state index contributed by atoms with van der Waals surface area (Å²) in [6.07, 6.45) is 1.86. The zero-order valence-electron chi connectivity index (χ0n) is 12.3. The highest BCUT2D eigenvalue weighted by atomic mass is 16.5. The first-order valence-corrected chi connectivity index (χ1v) is 7.44. The molecule has 1 N–H and O–H groups in total. The van der Waals surface area contributed by atoms with Crippen LogP contribution in [-0.2, 0) is 11.2 Å². The van der Waals surface area contributed by atoms with E-state index in [2.05, 4.69) is 27.8 Å². The van der Waals surface area contributed by atoms with Crippen LogP contribution in [0, 0.1) is 5.41 Å². The Labute approximate surface area is 124 Å². The van der Waals surface area contributed by atoms with Gasteiger partial charge in [-0.1, -0.05) is 25.1 Å². The molecule has 1 aliphatic heterocycles. The van der Waals surface area contributed by atoms with E-state index in [0.717, 1.165) is 50.7 Å². The molecular formula is C15H21N5O. The highest BCUT2D eigenvalue weighted by Gasteiger charge is 2.36. The zero-order valence-corrected chi connectivity index (χ0v) is 12.3. The van der Waals surface area contributed by atoms with Crippen molar-refractivity contribution in [3.05, 3.63) is 36.2 Å². The summed E-state index contributed by atoms with van der Waals surface area (Å²) in [6, 6.07) is 10.0. The third kappa shape index (κ3) is 3.11. The van der Waals surface area contributed by atoms with Crippen molar-refractivity contribution < 1.29 is 4.74 Å². The number of aromatic nitrogens is 4. The highest BCUT2D eigenvalue weighted by molar-refractivity contribution is 5.30. The number of rotatable bonds is 6. The van der Waals surface area contributed by atoms with Crippen molar-refractivity contribution in [3.63, 3.8) is 0 Å². The monoisotopic (exact) mass is 287 g/mol. The van der Waals surface area contributed by atoms with Crippen LogP contribution < -0.4 is 5.32 Å². The lowest BCUT2D eigenvalue weighted by molar-refractivity contribution is 0.148. The standard InChI is InChI=1S/C15H21N5O/c1-2-16-11-15(8-9-21-12-15)10-14-17-18-19-20(14)13-6-4-3-5-7-13/h3-7,16H,2,8-12H2,1H3. The molecule has 112 valence electrons. The van der Waals surface area contributed by atoms with Crippen LogP contribution in [0.5, 0.6) is 0 Å². The second-order valence-electron chi connectivity index (χ2n) is 5.60. The number of benzene rings is 1. The third-order valence-electron chi connectivity index (χ3n) is 4.00. The predicted octanol–water partition coefficient (Wildman–Crippen LogP) is 1.22. The van der Waals surface area contributed by atoms with Crippen LogP contribution in [0.25, 0.3) is 5.69 Å². The second kappa shape index (κ2) is 6.32. The Balaban J connectivity index is 1.83. The molecule has 1 atom stereocenters. The summed E-state index contributed by atoms with van der Waals surface area (Å²) in [5.41, 5.74) is 1.09. The van der Waals surface area contributed by atoms with Crippen LogP contribution in [0.3, 0.4) is 0 Å². The molecule has 0 radical (unpaired) electrons. The first kappa shape index (κ1) is 14.2. The van der Waals surface area contributed by atoms with Gasteiger partial charge in [0.05, 0.1) is 12.3 Å². The van der Waals surface area contributed by atoms with Gasteiger partial charge in [0.25, 0.3) is 0 Å². The first-order valence-electron chi connectivity index (χ1n) is 7.44. The predicted molar refractivity (Wildman–Crippen MR) is 79.3 cm³/mol. The molecule has 2 aromatic rings. The minimum absolute atomic E-state index is 0.0945. The Morgan fingerprint density at radius 2 is 2.19 bits per heavy atom. The van der Waals surface area contributed by atoms with E-state index in [1.165, 1.54) is 0 Å². The molecule has 2 heterocycles. The third-order valence-corrected chi connectivity index (χ3v) is 4.00. The molecule has 1 saturated heterocycles. The minimum Gasteiger partial charge on any atom is -0.381 e. The van der Waals surface area contributed by atoms with Gasteiger partial charge in [0.2, 0.25) is 0 Å². The van der Waals surface area contributed by atoms with E-state index in [4.69, 9.17) is 4.74 Å². The lowest BCUT2D eigenvalue weighted by Crippen LogP contribution is -2.37. The van der Waals surface area contributed by atoms with Crippen LogP contribution in [0.4, 0.5) is 0 Å². The Morgan fingerprint density at radius 1 is 1.33 bits per heavy atom. The Kier molecular flexibility index (Phi) is 4.26. The maximum Gasteiger partial charge on any atom is 0.157 e. The summed E-state index contributed by atoms with van der Waals surface area (Å²) in [4.78, 5) is 0. The SMILES string of the molecule is CCNCC1(Cc2nnnn2-c2ccccc2)CCOC1. The van der Waals surface area contributed by atoms with Gasteiger partial charge in [-0.05, 0) is 35.5 Å². The van der Waals surface area contributed by atoms with E-state index >= 15 is 0 Å².